The fourth-order valence-electron chi connectivity index (χ4n) is 0.444. The van der Waals surface area contributed by atoms with Crippen LogP contribution in [-0.4, -0.2) is 20.6 Å². The van der Waals surface area contributed by atoms with Gasteiger partial charge < -0.3 is 19.7 Å². The van der Waals surface area contributed by atoms with Gasteiger partial charge in [-0.3, -0.25) is 4.89 Å². The quantitative estimate of drug-likeness (QED) is 0.336. The van der Waals surface area contributed by atoms with E-state index in [1.165, 1.54) is 0 Å². The van der Waals surface area contributed by atoms with Gasteiger partial charge in [-0.05, 0) is 0 Å². The van der Waals surface area contributed by atoms with E-state index in [1.54, 1.807) is 0 Å². The Morgan fingerprint density at radius 1 is 1.10 bits per heavy atom. The predicted molar refractivity (Wildman–Crippen MR) is 27.0 cm³/mol. The van der Waals surface area contributed by atoms with Crippen molar-refractivity contribution in [1.29, 1.82) is 0 Å². The van der Waals surface area contributed by atoms with Gasteiger partial charge in [0, 0.05) is 0 Å². The standard InChI is InChI=1S/C4H4O6/c5-1-2(6)4(10-8)9-3(1)7/h5-8H. The van der Waals surface area contributed by atoms with E-state index in [1.807, 2.05) is 0 Å². The molecule has 0 unspecified atom stereocenters. The highest BCUT2D eigenvalue weighted by molar-refractivity contribution is 5.49. The molecule has 0 aromatic carbocycles. The second-order valence-electron chi connectivity index (χ2n) is 1.48. The van der Waals surface area contributed by atoms with Gasteiger partial charge in [0.25, 0.3) is 5.75 Å². The zero-order valence-electron chi connectivity index (χ0n) is 4.61. The van der Waals surface area contributed by atoms with Crippen molar-refractivity contribution in [3.8, 4) is 23.4 Å². The lowest BCUT2D eigenvalue weighted by atomic mass is 10.5. The van der Waals surface area contributed by atoms with E-state index in [9.17, 15) is 0 Å². The molecule has 0 spiro atoms. The van der Waals surface area contributed by atoms with E-state index < -0.39 is 23.4 Å². The average molecular weight is 148 g/mol. The first-order valence-electron chi connectivity index (χ1n) is 2.22. The highest BCUT2D eigenvalue weighted by Gasteiger charge is 2.19. The summed E-state index contributed by atoms with van der Waals surface area (Å²) in [5.74, 6) is -3.39. The summed E-state index contributed by atoms with van der Waals surface area (Å²) in [6.45, 7) is 0. The molecule has 10 heavy (non-hydrogen) atoms. The second kappa shape index (κ2) is 1.99. The molecule has 0 radical (unpaired) electrons. The van der Waals surface area contributed by atoms with Crippen LogP contribution >= 0.6 is 0 Å². The maximum Gasteiger partial charge on any atom is 0.371 e. The molecule has 1 aromatic heterocycles. The van der Waals surface area contributed by atoms with Crippen molar-refractivity contribution in [3.05, 3.63) is 0 Å². The number of rotatable bonds is 1. The van der Waals surface area contributed by atoms with Gasteiger partial charge >= 0.3 is 11.9 Å². The summed E-state index contributed by atoms with van der Waals surface area (Å²) in [6.07, 6.45) is 0. The molecule has 0 amide bonds. The molecule has 0 atom stereocenters. The zero-order chi connectivity index (χ0) is 7.72. The fraction of sp³-hybridized carbons (Fsp3) is 0. The van der Waals surface area contributed by atoms with Crippen molar-refractivity contribution < 1.29 is 29.9 Å². The van der Waals surface area contributed by atoms with Crippen LogP contribution in [0.4, 0.5) is 0 Å². The van der Waals surface area contributed by atoms with Crippen molar-refractivity contribution in [3.63, 3.8) is 0 Å². The Balaban J connectivity index is 3.17. The van der Waals surface area contributed by atoms with Gasteiger partial charge in [0.1, 0.15) is 0 Å². The molecular weight excluding hydrogens is 144 g/mol. The molecule has 6 nitrogen and oxygen atoms in total. The van der Waals surface area contributed by atoms with Gasteiger partial charge in [-0.15, -0.1) is 0 Å². The molecule has 1 rings (SSSR count). The lowest BCUT2D eigenvalue weighted by Gasteiger charge is -1.86. The molecular formula is C4H4O6. The van der Waals surface area contributed by atoms with Gasteiger partial charge in [0.15, 0.2) is 0 Å². The molecule has 0 saturated heterocycles. The number of hydrogen-bond donors (Lipinski definition) is 4. The molecule has 0 aliphatic carbocycles. The van der Waals surface area contributed by atoms with Crippen LogP contribution in [0.5, 0.6) is 23.4 Å². The van der Waals surface area contributed by atoms with Crippen LogP contribution in [0.15, 0.2) is 4.42 Å². The summed E-state index contributed by atoms with van der Waals surface area (Å²) in [4.78, 5) is 3.41. The number of furan rings is 1. The topological polar surface area (TPSA) is 103 Å². The third-order valence-corrected chi connectivity index (χ3v) is 0.893. The molecule has 1 heterocycles. The average Bonchev–Trinajstić information content (AvgIpc) is 2.17. The number of hydrogen-bond acceptors (Lipinski definition) is 6. The summed E-state index contributed by atoms with van der Waals surface area (Å²) in [7, 11) is 0. The molecule has 0 bridgehead atoms. The molecule has 56 valence electrons. The molecule has 0 saturated carbocycles. The Hall–Kier alpha value is -1.56. The van der Waals surface area contributed by atoms with Gasteiger partial charge in [0.2, 0.25) is 5.75 Å². The van der Waals surface area contributed by atoms with E-state index >= 15 is 0 Å². The van der Waals surface area contributed by atoms with E-state index in [0.29, 0.717) is 0 Å². The normalized spacial score (nSPS) is 9.70. The first kappa shape index (κ1) is 6.56. The third-order valence-electron chi connectivity index (χ3n) is 0.893. The largest absolute Gasteiger partial charge is 0.499 e. The molecule has 0 aliphatic heterocycles. The van der Waals surface area contributed by atoms with Crippen LogP contribution in [0.2, 0.25) is 0 Å². The molecule has 4 N–H and O–H groups in total. The Morgan fingerprint density at radius 3 is 1.90 bits per heavy atom. The summed E-state index contributed by atoms with van der Waals surface area (Å²) in [5.41, 5.74) is 0. The highest BCUT2D eigenvalue weighted by Crippen LogP contribution is 2.45. The summed E-state index contributed by atoms with van der Waals surface area (Å²) < 4.78 is 4.08. The first-order chi connectivity index (χ1) is 4.66. The van der Waals surface area contributed by atoms with Crippen LogP contribution < -0.4 is 4.89 Å². The Morgan fingerprint density at radius 2 is 1.70 bits per heavy atom. The first-order valence-corrected chi connectivity index (χ1v) is 2.22. The van der Waals surface area contributed by atoms with Crippen molar-refractivity contribution in [2.24, 2.45) is 0 Å². The van der Waals surface area contributed by atoms with Crippen molar-refractivity contribution in [1.82, 2.24) is 0 Å². The predicted octanol–water partition coefficient (Wildman–Crippen LogP) is 0.248. The molecule has 1 aromatic rings. The minimum absolute atomic E-state index is 0.755. The van der Waals surface area contributed by atoms with Gasteiger partial charge in [-0.25, -0.2) is 0 Å². The Bertz CT molecular complexity index is 238. The SMILES string of the molecule is OOc1oc(O)c(O)c1O. The number of aromatic hydroxyl groups is 3. The van der Waals surface area contributed by atoms with Crippen LogP contribution in [0.1, 0.15) is 0 Å². The van der Waals surface area contributed by atoms with E-state index in [2.05, 4.69) is 9.30 Å². The lowest BCUT2D eigenvalue weighted by molar-refractivity contribution is -0.157. The Labute approximate surface area is 54.4 Å². The van der Waals surface area contributed by atoms with Crippen molar-refractivity contribution in [2.45, 2.75) is 0 Å². The van der Waals surface area contributed by atoms with Crippen LogP contribution in [0.3, 0.4) is 0 Å². The minimum atomic E-state index is -0.915. The van der Waals surface area contributed by atoms with E-state index in [0.717, 1.165) is 0 Å². The van der Waals surface area contributed by atoms with Crippen LogP contribution in [-0.2, 0) is 0 Å². The molecule has 0 aliphatic rings. The lowest BCUT2D eigenvalue weighted by Crippen LogP contribution is -1.78. The summed E-state index contributed by atoms with van der Waals surface area (Å²) in [6, 6.07) is 0. The van der Waals surface area contributed by atoms with Crippen LogP contribution in [0, 0.1) is 0 Å². The highest BCUT2D eigenvalue weighted by atomic mass is 17.1. The summed E-state index contributed by atoms with van der Waals surface area (Å²) in [5, 5.41) is 33.6. The third kappa shape index (κ3) is 0.705. The van der Waals surface area contributed by atoms with E-state index in [-0.39, 0.29) is 0 Å². The molecule has 0 fully saturated rings. The fourth-order valence-corrected chi connectivity index (χ4v) is 0.444. The minimum Gasteiger partial charge on any atom is -0.499 e. The van der Waals surface area contributed by atoms with Gasteiger partial charge in [-0.2, -0.15) is 5.26 Å². The maximum absolute atomic E-state index is 8.63. The van der Waals surface area contributed by atoms with Crippen LogP contribution in [0.25, 0.3) is 0 Å². The summed E-state index contributed by atoms with van der Waals surface area (Å²) >= 11 is 0. The zero-order valence-corrected chi connectivity index (χ0v) is 4.61. The smallest absolute Gasteiger partial charge is 0.371 e. The van der Waals surface area contributed by atoms with Gasteiger partial charge in [0.05, 0.1) is 0 Å². The maximum atomic E-state index is 8.63. The van der Waals surface area contributed by atoms with Crippen molar-refractivity contribution >= 4 is 0 Å². The molecule has 6 heteroatoms. The Kier molecular flexibility index (Phi) is 1.31. The monoisotopic (exact) mass is 148 g/mol. The van der Waals surface area contributed by atoms with Crippen molar-refractivity contribution in [2.75, 3.05) is 0 Å². The van der Waals surface area contributed by atoms with Gasteiger partial charge in [-0.1, -0.05) is 0 Å². The second-order valence-corrected chi connectivity index (χ2v) is 1.48. The van der Waals surface area contributed by atoms with E-state index in [4.69, 9.17) is 20.6 Å².